The van der Waals surface area contributed by atoms with Gasteiger partial charge in [0.1, 0.15) is 0 Å². The molecule has 1 rings (SSSR count). The molecule has 5 nitrogen and oxygen atoms in total. The third-order valence-corrected chi connectivity index (χ3v) is 2.98. The van der Waals surface area contributed by atoms with E-state index in [9.17, 15) is 9.59 Å². The number of carbonyl (C=O) groups excluding carboxylic acids is 2. The van der Waals surface area contributed by atoms with Crippen LogP contribution >= 0.6 is 15.9 Å². The largest absolute Gasteiger partial charge is 0.398 e. The first-order valence-electron chi connectivity index (χ1n) is 6.21. The number of nitrogens with one attached hydrogen (secondary N) is 1. The Morgan fingerprint density at radius 1 is 1.35 bits per heavy atom. The number of hydrogen-bond acceptors (Lipinski definition) is 3. The third kappa shape index (κ3) is 4.85. The summed E-state index contributed by atoms with van der Waals surface area (Å²) in [5, 5.41) is 2.81. The number of nitrogens with zero attached hydrogens (tertiary/aromatic N) is 1. The number of benzene rings is 1. The van der Waals surface area contributed by atoms with Gasteiger partial charge in [0.2, 0.25) is 5.91 Å². The molecule has 0 radical (unpaired) electrons. The van der Waals surface area contributed by atoms with Gasteiger partial charge in [-0.1, -0.05) is 15.9 Å². The maximum absolute atomic E-state index is 12.2. The Morgan fingerprint density at radius 3 is 2.45 bits per heavy atom. The maximum Gasteiger partial charge on any atom is 0.256 e. The summed E-state index contributed by atoms with van der Waals surface area (Å²) in [7, 11) is 1.58. The Morgan fingerprint density at radius 2 is 1.95 bits per heavy atom. The van der Waals surface area contributed by atoms with Crippen LogP contribution in [0.2, 0.25) is 0 Å². The Kier molecular flexibility index (Phi) is 5.16. The van der Waals surface area contributed by atoms with Crippen molar-refractivity contribution in [3.05, 3.63) is 28.2 Å². The van der Waals surface area contributed by atoms with Gasteiger partial charge in [-0.25, -0.2) is 0 Å². The lowest BCUT2D eigenvalue weighted by molar-refractivity contribution is -0.122. The summed E-state index contributed by atoms with van der Waals surface area (Å²) in [6.45, 7) is 5.66. The van der Waals surface area contributed by atoms with Crippen molar-refractivity contribution < 1.29 is 9.59 Å². The molecule has 0 spiro atoms. The van der Waals surface area contributed by atoms with E-state index in [-0.39, 0.29) is 23.9 Å². The first kappa shape index (κ1) is 16.5. The second kappa shape index (κ2) is 6.26. The Bertz CT molecular complexity index is 524. The molecule has 0 aromatic heterocycles. The van der Waals surface area contributed by atoms with Gasteiger partial charge in [-0.2, -0.15) is 0 Å². The normalized spacial score (nSPS) is 11.1. The van der Waals surface area contributed by atoms with Crippen molar-refractivity contribution in [1.29, 1.82) is 0 Å². The lowest BCUT2D eigenvalue weighted by Gasteiger charge is -2.23. The van der Waals surface area contributed by atoms with Crippen LogP contribution < -0.4 is 11.1 Å². The van der Waals surface area contributed by atoms with Crippen LogP contribution in [0.5, 0.6) is 0 Å². The van der Waals surface area contributed by atoms with Crippen LogP contribution in [0.1, 0.15) is 31.1 Å². The summed E-state index contributed by atoms with van der Waals surface area (Å²) in [4.78, 5) is 25.4. The van der Waals surface area contributed by atoms with E-state index in [0.717, 1.165) is 4.47 Å². The van der Waals surface area contributed by atoms with Crippen molar-refractivity contribution >= 4 is 33.4 Å². The number of hydrogen-bond donors (Lipinski definition) is 2. The summed E-state index contributed by atoms with van der Waals surface area (Å²) in [6, 6.07) is 5.04. The highest BCUT2D eigenvalue weighted by Gasteiger charge is 2.20. The number of likely N-dealkylation sites (N-methyl/N-ethyl adjacent to an activating group) is 1. The monoisotopic (exact) mass is 341 g/mol. The van der Waals surface area contributed by atoms with E-state index < -0.39 is 0 Å². The van der Waals surface area contributed by atoms with Crippen molar-refractivity contribution in [1.82, 2.24) is 10.2 Å². The summed E-state index contributed by atoms with van der Waals surface area (Å²) >= 11 is 3.29. The molecule has 1 aromatic rings. The van der Waals surface area contributed by atoms with Crippen LogP contribution in [-0.2, 0) is 4.79 Å². The fraction of sp³-hybridized carbons (Fsp3) is 0.429. The number of anilines is 1. The van der Waals surface area contributed by atoms with Gasteiger partial charge in [0.15, 0.2) is 0 Å². The molecular formula is C14H20BrN3O2. The summed E-state index contributed by atoms with van der Waals surface area (Å²) in [5.74, 6) is -0.483. The lowest BCUT2D eigenvalue weighted by atomic mass is 10.1. The Balaban J connectivity index is 2.75. The minimum Gasteiger partial charge on any atom is -0.398 e. The highest BCUT2D eigenvalue weighted by Crippen LogP contribution is 2.19. The van der Waals surface area contributed by atoms with Gasteiger partial charge in [0.25, 0.3) is 5.91 Å². The molecule has 0 atom stereocenters. The quantitative estimate of drug-likeness (QED) is 0.826. The molecule has 2 amide bonds. The SMILES string of the molecule is CN(CC(=O)NC(C)(C)C)C(=O)c1ccc(Br)cc1N. The van der Waals surface area contributed by atoms with E-state index >= 15 is 0 Å². The highest BCUT2D eigenvalue weighted by molar-refractivity contribution is 9.10. The van der Waals surface area contributed by atoms with Crippen molar-refractivity contribution in [2.75, 3.05) is 19.3 Å². The number of carbonyl (C=O) groups is 2. The molecule has 0 fully saturated rings. The highest BCUT2D eigenvalue weighted by atomic mass is 79.9. The van der Waals surface area contributed by atoms with Gasteiger partial charge in [-0.3, -0.25) is 9.59 Å². The second-order valence-electron chi connectivity index (χ2n) is 5.69. The van der Waals surface area contributed by atoms with Gasteiger partial charge in [0.05, 0.1) is 12.1 Å². The van der Waals surface area contributed by atoms with E-state index in [1.54, 1.807) is 25.2 Å². The molecule has 0 heterocycles. The zero-order valence-corrected chi connectivity index (χ0v) is 13.7. The standard InChI is InChI=1S/C14H20BrN3O2/c1-14(2,3)17-12(19)8-18(4)13(20)10-6-5-9(15)7-11(10)16/h5-7H,8,16H2,1-4H3,(H,17,19). The zero-order valence-electron chi connectivity index (χ0n) is 12.2. The molecule has 0 saturated heterocycles. The number of amides is 2. The number of halogens is 1. The van der Waals surface area contributed by atoms with Crippen molar-refractivity contribution in [3.8, 4) is 0 Å². The van der Waals surface area contributed by atoms with Crippen LogP contribution in [0.25, 0.3) is 0 Å². The topological polar surface area (TPSA) is 75.4 Å². The lowest BCUT2D eigenvalue weighted by Crippen LogP contribution is -2.46. The van der Waals surface area contributed by atoms with Crippen LogP contribution in [0, 0.1) is 0 Å². The Labute approximate surface area is 127 Å². The van der Waals surface area contributed by atoms with Crippen molar-refractivity contribution in [3.63, 3.8) is 0 Å². The van der Waals surface area contributed by atoms with Crippen molar-refractivity contribution in [2.45, 2.75) is 26.3 Å². The zero-order chi connectivity index (χ0) is 15.5. The summed E-state index contributed by atoms with van der Waals surface area (Å²) in [6.07, 6.45) is 0. The maximum atomic E-state index is 12.2. The molecule has 0 aliphatic rings. The molecule has 110 valence electrons. The average molecular weight is 342 g/mol. The van der Waals surface area contributed by atoms with Crippen LogP contribution in [-0.4, -0.2) is 35.8 Å². The Hall–Kier alpha value is -1.56. The summed E-state index contributed by atoms with van der Waals surface area (Å²) in [5.41, 5.74) is 6.26. The first-order chi connectivity index (χ1) is 9.10. The molecule has 1 aromatic carbocycles. The minimum absolute atomic E-state index is 0.00833. The molecule has 0 saturated carbocycles. The van der Waals surface area contributed by atoms with E-state index in [1.165, 1.54) is 4.90 Å². The minimum atomic E-state index is -0.322. The summed E-state index contributed by atoms with van der Waals surface area (Å²) < 4.78 is 0.805. The number of nitrogens with two attached hydrogens (primary N) is 1. The average Bonchev–Trinajstić information content (AvgIpc) is 2.25. The van der Waals surface area contributed by atoms with E-state index in [0.29, 0.717) is 11.3 Å². The second-order valence-corrected chi connectivity index (χ2v) is 6.61. The van der Waals surface area contributed by atoms with E-state index in [1.807, 2.05) is 20.8 Å². The first-order valence-corrected chi connectivity index (χ1v) is 7.01. The van der Waals surface area contributed by atoms with Crippen LogP contribution in [0.3, 0.4) is 0 Å². The van der Waals surface area contributed by atoms with Crippen molar-refractivity contribution in [2.24, 2.45) is 0 Å². The number of nitrogen functional groups attached to an aromatic ring is 1. The van der Waals surface area contributed by atoms with Crippen LogP contribution in [0.4, 0.5) is 5.69 Å². The van der Waals surface area contributed by atoms with Gasteiger partial charge in [-0.15, -0.1) is 0 Å². The third-order valence-electron chi connectivity index (χ3n) is 2.49. The molecule has 0 aliphatic heterocycles. The molecule has 0 bridgehead atoms. The van der Waals surface area contributed by atoms with Gasteiger partial charge >= 0.3 is 0 Å². The molecule has 3 N–H and O–H groups in total. The molecular weight excluding hydrogens is 322 g/mol. The number of rotatable bonds is 3. The molecule has 6 heteroatoms. The van der Waals surface area contributed by atoms with Gasteiger partial charge in [0, 0.05) is 22.7 Å². The molecule has 20 heavy (non-hydrogen) atoms. The van der Waals surface area contributed by atoms with E-state index in [2.05, 4.69) is 21.2 Å². The van der Waals surface area contributed by atoms with Gasteiger partial charge < -0.3 is 16.0 Å². The van der Waals surface area contributed by atoms with E-state index in [4.69, 9.17) is 5.73 Å². The predicted octanol–water partition coefficient (Wildman–Crippen LogP) is 2.02. The molecule has 0 aliphatic carbocycles. The van der Waals surface area contributed by atoms with Crippen LogP contribution in [0.15, 0.2) is 22.7 Å². The van der Waals surface area contributed by atoms with Gasteiger partial charge in [-0.05, 0) is 39.0 Å². The fourth-order valence-corrected chi connectivity index (χ4v) is 2.06. The smallest absolute Gasteiger partial charge is 0.256 e. The predicted molar refractivity (Wildman–Crippen MR) is 83.4 cm³/mol. The fourth-order valence-electron chi connectivity index (χ4n) is 1.68. The molecule has 0 unspecified atom stereocenters.